The number of rotatable bonds is 9. The smallest absolute Gasteiger partial charge is 0.186 e. The van der Waals surface area contributed by atoms with Gasteiger partial charge in [0.15, 0.2) is 12.6 Å². The first-order valence-corrected chi connectivity index (χ1v) is 12.3. The Kier molecular flexibility index (Phi) is 9.37. The van der Waals surface area contributed by atoms with E-state index in [4.69, 9.17) is 18.9 Å². The van der Waals surface area contributed by atoms with E-state index < -0.39 is 55.3 Å². The summed E-state index contributed by atoms with van der Waals surface area (Å²) < 4.78 is 22.5. The molecule has 2 aliphatic heterocycles. The van der Waals surface area contributed by atoms with Gasteiger partial charge in [0.2, 0.25) is 0 Å². The summed E-state index contributed by atoms with van der Waals surface area (Å²) in [4.78, 5) is 0. The molecule has 2 heterocycles. The van der Waals surface area contributed by atoms with Crippen LogP contribution in [0, 0.1) is 5.41 Å². The predicted molar refractivity (Wildman–Crippen MR) is 122 cm³/mol. The van der Waals surface area contributed by atoms with E-state index in [9.17, 15) is 35.7 Å². The number of aliphatic hydroxyl groups is 7. The molecule has 0 aromatic rings. The Hall–Kier alpha value is -0.700. The second kappa shape index (κ2) is 11.4. The lowest BCUT2D eigenvalue weighted by Crippen LogP contribution is -2.60. The average Bonchev–Trinajstić information content (AvgIpc) is 3.06. The van der Waals surface area contributed by atoms with Crippen molar-refractivity contribution < 1.29 is 54.7 Å². The van der Waals surface area contributed by atoms with Crippen molar-refractivity contribution in [2.45, 2.75) is 114 Å². The van der Waals surface area contributed by atoms with Gasteiger partial charge in [0.25, 0.3) is 0 Å². The third-order valence-corrected chi connectivity index (χ3v) is 7.42. The SMILES string of the molecule is CC1=C(CC[C@@H](C)O)C(C)(C)C[C@H](O[C@H]2O[C@H](CO[C@@H]3OC[C@](O)(CO)[C@H]3O)[C@@H](O)[C@H](O)[C@H]2O)C1. The van der Waals surface area contributed by atoms with Crippen LogP contribution in [0.1, 0.15) is 53.4 Å². The van der Waals surface area contributed by atoms with E-state index >= 15 is 0 Å². The maximum atomic E-state index is 10.5. The molecule has 2 saturated heterocycles. The summed E-state index contributed by atoms with van der Waals surface area (Å²) in [7, 11) is 0. The Morgan fingerprint density at radius 2 is 1.77 bits per heavy atom. The molecule has 0 spiro atoms. The summed E-state index contributed by atoms with van der Waals surface area (Å²) >= 11 is 0. The summed E-state index contributed by atoms with van der Waals surface area (Å²) in [6.45, 7) is 6.64. The number of hydrogen-bond acceptors (Lipinski definition) is 11. The van der Waals surface area contributed by atoms with Crippen molar-refractivity contribution in [1.29, 1.82) is 0 Å². The van der Waals surface area contributed by atoms with Crippen molar-refractivity contribution in [3.8, 4) is 0 Å². The van der Waals surface area contributed by atoms with Crippen molar-refractivity contribution in [2.24, 2.45) is 5.41 Å². The van der Waals surface area contributed by atoms with Crippen LogP contribution < -0.4 is 0 Å². The van der Waals surface area contributed by atoms with Gasteiger partial charge in [-0.3, -0.25) is 0 Å². The highest BCUT2D eigenvalue weighted by Gasteiger charge is 2.50. The van der Waals surface area contributed by atoms with Gasteiger partial charge < -0.3 is 54.7 Å². The molecule has 0 bridgehead atoms. The Morgan fingerprint density at radius 1 is 1.09 bits per heavy atom. The van der Waals surface area contributed by atoms with E-state index in [0.717, 1.165) is 12.0 Å². The maximum Gasteiger partial charge on any atom is 0.186 e. The third-order valence-electron chi connectivity index (χ3n) is 7.42. The van der Waals surface area contributed by atoms with Crippen molar-refractivity contribution in [3.63, 3.8) is 0 Å². The van der Waals surface area contributed by atoms with Gasteiger partial charge in [-0.15, -0.1) is 0 Å². The van der Waals surface area contributed by atoms with Crippen LogP contribution in [0.15, 0.2) is 11.1 Å². The molecular formula is C24H42O11. The molecule has 1 aliphatic carbocycles. The molecule has 204 valence electrons. The Morgan fingerprint density at radius 3 is 2.34 bits per heavy atom. The van der Waals surface area contributed by atoms with Crippen molar-refractivity contribution in [1.82, 2.24) is 0 Å². The summed E-state index contributed by atoms with van der Waals surface area (Å²) in [5.41, 5.74) is 0.386. The zero-order chi connectivity index (χ0) is 26.1. The maximum absolute atomic E-state index is 10.5. The molecule has 11 heteroatoms. The number of aliphatic hydroxyl groups excluding tert-OH is 6. The van der Waals surface area contributed by atoms with Gasteiger partial charge in [-0.25, -0.2) is 0 Å². The molecule has 0 saturated carbocycles. The highest BCUT2D eigenvalue weighted by molar-refractivity contribution is 5.24. The van der Waals surface area contributed by atoms with Gasteiger partial charge in [-0.05, 0) is 44.9 Å². The number of hydrogen-bond donors (Lipinski definition) is 7. The number of allylic oxidation sites excluding steroid dienone is 1. The van der Waals surface area contributed by atoms with Gasteiger partial charge in [0.05, 0.1) is 32.0 Å². The monoisotopic (exact) mass is 506 g/mol. The minimum absolute atomic E-state index is 0.193. The van der Waals surface area contributed by atoms with Crippen LogP contribution in [0.2, 0.25) is 0 Å². The molecule has 0 aromatic heterocycles. The molecular weight excluding hydrogens is 464 g/mol. The lowest BCUT2D eigenvalue weighted by Gasteiger charge is -2.44. The van der Waals surface area contributed by atoms with Gasteiger partial charge in [0.1, 0.15) is 36.1 Å². The highest BCUT2D eigenvalue weighted by atomic mass is 16.7. The predicted octanol–water partition coefficient (Wildman–Crippen LogP) is -1.07. The lowest BCUT2D eigenvalue weighted by molar-refractivity contribution is -0.320. The lowest BCUT2D eigenvalue weighted by atomic mass is 9.70. The second-order valence-electron chi connectivity index (χ2n) is 10.9. The highest BCUT2D eigenvalue weighted by Crippen LogP contribution is 2.44. The van der Waals surface area contributed by atoms with Crippen molar-refractivity contribution >= 4 is 0 Å². The standard InChI is InChI=1S/C24H42O11/c1-12-7-14(8-23(3,4)15(12)6-5-13(2)26)34-21-19(29)18(28)17(27)16(35-21)9-32-22-20(30)24(31,10-25)11-33-22/h13-14,16-22,25-31H,5-11H2,1-4H3/t13-,14-,16-,17-,18+,19-,20+,21+,22-,24-/m1/s1. The molecule has 0 unspecified atom stereocenters. The normalized spacial score (nSPS) is 42.9. The fraction of sp³-hybridized carbons (Fsp3) is 0.917. The van der Waals surface area contributed by atoms with Crippen LogP contribution in [-0.4, -0.2) is 116 Å². The fourth-order valence-corrected chi connectivity index (χ4v) is 5.29. The van der Waals surface area contributed by atoms with Crippen molar-refractivity contribution in [2.75, 3.05) is 19.8 Å². The topological polar surface area (TPSA) is 179 Å². The summed E-state index contributed by atoms with van der Waals surface area (Å²) in [5.74, 6) is 0. The molecule has 10 atom stereocenters. The molecule has 3 aliphatic rings. The quantitative estimate of drug-likeness (QED) is 0.189. The van der Waals surface area contributed by atoms with Crippen LogP contribution >= 0.6 is 0 Å². The van der Waals surface area contributed by atoms with E-state index in [-0.39, 0.29) is 30.8 Å². The Bertz CT molecular complexity index is 741. The molecule has 0 radical (unpaired) electrons. The Labute approximate surface area is 205 Å². The molecule has 2 fully saturated rings. The van der Waals surface area contributed by atoms with E-state index in [2.05, 4.69) is 13.8 Å². The summed E-state index contributed by atoms with van der Waals surface area (Å²) in [5, 5.41) is 70.4. The minimum atomic E-state index is -1.86. The van der Waals surface area contributed by atoms with Gasteiger partial charge in [0, 0.05) is 0 Å². The third kappa shape index (κ3) is 6.42. The van der Waals surface area contributed by atoms with Crippen LogP contribution in [0.3, 0.4) is 0 Å². The Balaban J connectivity index is 1.62. The average molecular weight is 507 g/mol. The zero-order valence-electron chi connectivity index (χ0n) is 20.9. The minimum Gasteiger partial charge on any atom is -0.393 e. The fourth-order valence-electron chi connectivity index (χ4n) is 5.29. The van der Waals surface area contributed by atoms with E-state index in [1.165, 1.54) is 5.57 Å². The summed E-state index contributed by atoms with van der Waals surface area (Å²) in [6.07, 6.45) is -7.61. The molecule has 3 rings (SSSR count). The van der Waals surface area contributed by atoms with Crippen LogP contribution in [0.4, 0.5) is 0 Å². The first-order valence-electron chi connectivity index (χ1n) is 12.3. The van der Waals surface area contributed by atoms with Crippen molar-refractivity contribution in [3.05, 3.63) is 11.1 Å². The first-order chi connectivity index (χ1) is 16.3. The molecule has 0 aromatic carbocycles. The van der Waals surface area contributed by atoms with E-state index in [1.54, 1.807) is 6.92 Å². The van der Waals surface area contributed by atoms with Gasteiger partial charge in [-0.1, -0.05) is 25.0 Å². The largest absolute Gasteiger partial charge is 0.393 e. The molecule has 35 heavy (non-hydrogen) atoms. The number of ether oxygens (including phenoxy) is 4. The molecule has 7 N–H and O–H groups in total. The summed E-state index contributed by atoms with van der Waals surface area (Å²) in [6, 6.07) is 0. The molecule has 0 amide bonds. The van der Waals surface area contributed by atoms with Crippen LogP contribution in [0.25, 0.3) is 0 Å². The van der Waals surface area contributed by atoms with Crippen LogP contribution in [0.5, 0.6) is 0 Å². The molecule has 11 nitrogen and oxygen atoms in total. The van der Waals surface area contributed by atoms with Crippen LogP contribution in [-0.2, 0) is 18.9 Å². The first kappa shape index (κ1) is 28.9. The van der Waals surface area contributed by atoms with Gasteiger partial charge in [-0.2, -0.15) is 0 Å². The van der Waals surface area contributed by atoms with Gasteiger partial charge >= 0.3 is 0 Å². The van der Waals surface area contributed by atoms with E-state index in [1.807, 2.05) is 6.92 Å². The zero-order valence-corrected chi connectivity index (χ0v) is 20.9. The van der Waals surface area contributed by atoms with E-state index in [0.29, 0.717) is 19.3 Å². The second-order valence-corrected chi connectivity index (χ2v) is 10.9.